The zero-order valence-corrected chi connectivity index (χ0v) is 10.8. The predicted octanol–water partition coefficient (Wildman–Crippen LogP) is 3.84. The highest BCUT2D eigenvalue weighted by Gasteiger charge is 2.43. The second kappa shape index (κ2) is 4.37. The van der Waals surface area contributed by atoms with Crippen molar-refractivity contribution in [3.63, 3.8) is 0 Å². The Balaban J connectivity index is 2.32. The third-order valence-electron chi connectivity index (χ3n) is 4.30. The first kappa shape index (κ1) is 11.9. The summed E-state index contributed by atoms with van der Waals surface area (Å²) in [5.74, 6) is 1.02. The monoisotopic (exact) mass is 220 g/mol. The molecule has 0 aromatic heterocycles. The highest BCUT2D eigenvalue weighted by atomic mass is 16.3. The van der Waals surface area contributed by atoms with Crippen LogP contribution in [0.1, 0.15) is 52.9 Å². The van der Waals surface area contributed by atoms with Crippen LogP contribution in [0.25, 0.3) is 0 Å². The molecule has 16 heavy (non-hydrogen) atoms. The maximum Gasteiger partial charge on any atom is 0.0924 e. The molecule has 1 fully saturated rings. The van der Waals surface area contributed by atoms with E-state index >= 15 is 0 Å². The van der Waals surface area contributed by atoms with Crippen molar-refractivity contribution in [1.29, 1.82) is 0 Å². The van der Waals surface area contributed by atoms with Gasteiger partial charge >= 0.3 is 0 Å². The summed E-state index contributed by atoms with van der Waals surface area (Å²) in [5, 5.41) is 11.1. The maximum absolute atomic E-state index is 11.1. The number of hydrogen-bond acceptors (Lipinski definition) is 1. The molecular formula is C15H24O. The second-order valence-electron chi connectivity index (χ2n) is 5.86. The van der Waals surface area contributed by atoms with Gasteiger partial charge in [-0.25, -0.2) is 0 Å². The molecule has 0 amide bonds. The van der Waals surface area contributed by atoms with Crippen LogP contribution in [0.4, 0.5) is 0 Å². The first-order chi connectivity index (χ1) is 7.54. The highest BCUT2D eigenvalue weighted by molar-refractivity contribution is 5.28. The summed E-state index contributed by atoms with van der Waals surface area (Å²) in [6.45, 7) is 6.56. The van der Waals surface area contributed by atoms with Gasteiger partial charge in [-0.2, -0.15) is 0 Å². The van der Waals surface area contributed by atoms with Crippen LogP contribution in [0.3, 0.4) is 0 Å². The summed E-state index contributed by atoms with van der Waals surface area (Å²) in [4.78, 5) is 0. The van der Waals surface area contributed by atoms with Crippen molar-refractivity contribution in [3.8, 4) is 0 Å². The van der Waals surface area contributed by atoms with Crippen molar-refractivity contribution in [2.45, 2.75) is 58.5 Å². The predicted molar refractivity (Wildman–Crippen MR) is 68.2 cm³/mol. The lowest BCUT2D eigenvalue weighted by Gasteiger charge is -2.43. The molecule has 3 atom stereocenters. The van der Waals surface area contributed by atoms with Gasteiger partial charge in [0.1, 0.15) is 0 Å². The zero-order chi connectivity index (χ0) is 11.8. The number of allylic oxidation sites excluding steroid dienone is 2. The third kappa shape index (κ3) is 1.98. The van der Waals surface area contributed by atoms with Crippen molar-refractivity contribution >= 4 is 0 Å². The first-order valence-electron chi connectivity index (χ1n) is 6.60. The van der Waals surface area contributed by atoms with Gasteiger partial charge < -0.3 is 5.11 Å². The Hall–Kier alpha value is -0.560. The molecule has 1 heteroatoms. The fourth-order valence-corrected chi connectivity index (χ4v) is 3.45. The van der Waals surface area contributed by atoms with Gasteiger partial charge in [0, 0.05) is 5.92 Å². The SMILES string of the molecule is CC(C)=C1CC[C@@H](C)C[C@]1(O)[C@@H]1C=CCC1. The number of hydrogen-bond donors (Lipinski definition) is 1. The van der Waals surface area contributed by atoms with E-state index in [-0.39, 0.29) is 0 Å². The molecule has 0 saturated heterocycles. The summed E-state index contributed by atoms with van der Waals surface area (Å²) in [6.07, 6.45) is 10.00. The minimum absolute atomic E-state index is 0.361. The molecule has 0 aromatic rings. The van der Waals surface area contributed by atoms with Gasteiger partial charge in [0.05, 0.1) is 5.60 Å². The average Bonchev–Trinajstić information content (AvgIpc) is 2.69. The molecule has 0 aromatic carbocycles. The summed E-state index contributed by atoms with van der Waals surface area (Å²) < 4.78 is 0. The minimum atomic E-state index is -0.538. The molecule has 90 valence electrons. The molecule has 0 radical (unpaired) electrons. The Bertz CT molecular complexity index is 322. The Morgan fingerprint density at radius 1 is 1.38 bits per heavy atom. The van der Waals surface area contributed by atoms with E-state index in [1.165, 1.54) is 17.6 Å². The molecule has 0 heterocycles. The molecule has 2 aliphatic carbocycles. The van der Waals surface area contributed by atoms with Crippen molar-refractivity contribution in [2.24, 2.45) is 11.8 Å². The molecule has 2 aliphatic rings. The van der Waals surface area contributed by atoms with Gasteiger partial charge in [0.25, 0.3) is 0 Å². The van der Waals surface area contributed by atoms with Gasteiger partial charge in [0.15, 0.2) is 0 Å². The van der Waals surface area contributed by atoms with E-state index < -0.39 is 5.60 Å². The largest absolute Gasteiger partial charge is 0.385 e. The van der Waals surface area contributed by atoms with Crippen LogP contribution < -0.4 is 0 Å². The van der Waals surface area contributed by atoms with E-state index in [1.54, 1.807) is 0 Å². The van der Waals surface area contributed by atoms with Crippen LogP contribution in [0.2, 0.25) is 0 Å². The fourth-order valence-electron chi connectivity index (χ4n) is 3.45. The van der Waals surface area contributed by atoms with Crippen LogP contribution in [0.15, 0.2) is 23.3 Å². The molecule has 2 rings (SSSR count). The van der Waals surface area contributed by atoms with Crippen LogP contribution in [-0.2, 0) is 0 Å². The third-order valence-corrected chi connectivity index (χ3v) is 4.30. The smallest absolute Gasteiger partial charge is 0.0924 e. The van der Waals surface area contributed by atoms with Crippen molar-refractivity contribution in [3.05, 3.63) is 23.3 Å². The summed E-state index contributed by atoms with van der Waals surface area (Å²) in [7, 11) is 0. The fraction of sp³-hybridized carbons (Fsp3) is 0.733. The van der Waals surface area contributed by atoms with E-state index in [9.17, 15) is 5.11 Å². The summed E-state index contributed by atoms with van der Waals surface area (Å²) in [6, 6.07) is 0. The molecule has 1 N–H and O–H groups in total. The van der Waals surface area contributed by atoms with Crippen molar-refractivity contribution in [1.82, 2.24) is 0 Å². The quantitative estimate of drug-likeness (QED) is 0.666. The lowest BCUT2D eigenvalue weighted by atomic mass is 9.67. The first-order valence-corrected chi connectivity index (χ1v) is 6.60. The minimum Gasteiger partial charge on any atom is -0.385 e. The second-order valence-corrected chi connectivity index (χ2v) is 5.86. The molecule has 0 bridgehead atoms. The molecule has 0 unspecified atom stereocenters. The van der Waals surface area contributed by atoms with E-state index in [0.717, 1.165) is 25.7 Å². The Labute approximate surface area is 99.3 Å². The van der Waals surface area contributed by atoms with E-state index in [2.05, 4.69) is 32.9 Å². The molecule has 1 nitrogen and oxygen atoms in total. The lowest BCUT2D eigenvalue weighted by molar-refractivity contribution is -0.00410. The lowest BCUT2D eigenvalue weighted by Crippen LogP contribution is -2.43. The van der Waals surface area contributed by atoms with E-state index in [4.69, 9.17) is 0 Å². The summed E-state index contributed by atoms with van der Waals surface area (Å²) >= 11 is 0. The Morgan fingerprint density at radius 3 is 2.69 bits per heavy atom. The van der Waals surface area contributed by atoms with Crippen LogP contribution in [-0.4, -0.2) is 10.7 Å². The Morgan fingerprint density at radius 2 is 2.12 bits per heavy atom. The number of aliphatic hydroxyl groups is 1. The van der Waals surface area contributed by atoms with Gasteiger partial charge in [0.2, 0.25) is 0 Å². The topological polar surface area (TPSA) is 20.2 Å². The van der Waals surface area contributed by atoms with E-state index in [1.807, 2.05) is 0 Å². The van der Waals surface area contributed by atoms with Crippen LogP contribution >= 0.6 is 0 Å². The van der Waals surface area contributed by atoms with Crippen LogP contribution in [0, 0.1) is 11.8 Å². The van der Waals surface area contributed by atoms with Gasteiger partial charge in [-0.3, -0.25) is 0 Å². The maximum atomic E-state index is 11.1. The normalized spacial score (nSPS) is 39.1. The number of rotatable bonds is 1. The van der Waals surface area contributed by atoms with E-state index in [0.29, 0.717) is 11.8 Å². The molecule has 0 spiro atoms. The zero-order valence-electron chi connectivity index (χ0n) is 10.8. The van der Waals surface area contributed by atoms with Crippen molar-refractivity contribution < 1.29 is 5.11 Å². The highest BCUT2D eigenvalue weighted by Crippen LogP contribution is 2.46. The van der Waals surface area contributed by atoms with Gasteiger partial charge in [-0.05, 0) is 57.4 Å². The van der Waals surface area contributed by atoms with Gasteiger partial charge in [-0.1, -0.05) is 24.6 Å². The average molecular weight is 220 g/mol. The Kier molecular flexibility index (Phi) is 3.25. The molecule has 1 saturated carbocycles. The standard InChI is InChI=1S/C15H24O/c1-11(2)14-9-8-12(3)10-15(14,16)13-6-4-5-7-13/h4,6,12-13,16H,5,7-10H2,1-3H3/t12-,13-,15+/m1/s1. The summed E-state index contributed by atoms with van der Waals surface area (Å²) in [5.41, 5.74) is 2.11. The van der Waals surface area contributed by atoms with Crippen LogP contribution in [0.5, 0.6) is 0 Å². The molecular weight excluding hydrogens is 196 g/mol. The van der Waals surface area contributed by atoms with Crippen molar-refractivity contribution in [2.75, 3.05) is 0 Å². The molecule has 0 aliphatic heterocycles. The van der Waals surface area contributed by atoms with Gasteiger partial charge in [-0.15, -0.1) is 0 Å².